The Balaban J connectivity index is 2.01. The van der Waals surface area contributed by atoms with E-state index < -0.39 is 0 Å². The van der Waals surface area contributed by atoms with Gasteiger partial charge >= 0.3 is 0 Å². The van der Waals surface area contributed by atoms with Crippen molar-refractivity contribution in [3.8, 4) is 0 Å². The van der Waals surface area contributed by atoms with E-state index in [1.54, 1.807) is 24.3 Å². The summed E-state index contributed by atoms with van der Waals surface area (Å²) < 4.78 is 12.8. The third kappa shape index (κ3) is 3.66. The third-order valence-corrected chi connectivity index (χ3v) is 3.67. The lowest BCUT2D eigenvalue weighted by Crippen LogP contribution is -2.42. The van der Waals surface area contributed by atoms with Gasteiger partial charge in [-0.15, -0.1) is 0 Å². The lowest BCUT2D eigenvalue weighted by molar-refractivity contribution is -0.129. The van der Waals surface area contributed by atoms with Gasteiger partial charge in [0.15, 0.2) is 0 Å². The molecule has 0 saturated carbocycles. The van der Waals surface area contributed by atoms with E-state index in [2.05, 4.69) is 6.92 Å². The Morgan fingerprint density at radius 2 is 2.11 bits per heavy atom. The van der Waals surface area contributed by atoms with Gasteiger partial charge in [-0.2, -0.15) is 0 Å². The molecule has 1 aliphatic rings. The maximum absolute atomic E-state index is 12.8. The number of likely N-dealkylation sites (tertiary alicyclic amines) is 1. The first-order valence-electron chi connectivity index (χ1n) is 6.95. The monoisotopic (exact) mass is 261 g/mol. The molecule has 2 rings (SSSR count). The van der Waals surface area contributed by atoms with Crippen LogP contribution in [0.3, 0.4) is 0 Å². The van der Waals surface area contributed by atoms with Crippen molar-refractivity contribution in [3.05, 3.63) is 41.7 Å². The minimum atomic E-state index is -0.259. The second-order valence-corrected chi connectivity index (χ2v) is 4.97. The van der Waals surface area contributed by atoms with Gasteiger partial charge in [-0.3, -0.25) is 4.79 Å². The summed E-state index contributed by atoms with van der Waals surface area (Å²) >= 11 is 0. The highest BCUT2D eigenvalue weighted by molar-refractivity contribution is 5.92. The highest BCUT2D eigenvalue weighted by Gasteiger charge is 2.23. The average molecular weight is 261 g/mol. The molecule has 102 valence electrons. The van der Waals surface area contributed by atoms with Crippen molar-refractivity contribution in [1.29, 1.82) is 0 Å². The Morgan fingerprint density at radius 1 is 1.37 bits per heavy atom. The number of piperidine rings is 1. The average Bonchev–Trinajstić information content (AvgIpc) is 2.46. The summed E-state index contributed by atoms with van der Waals surface area (Å²) in [5, 5.41) is 0. The van der Waals surface area contributed by atoms with Gasteiger partial charge in [0, 0.05) is 18.7 Å². The molecule has 1 aromatic rings. The van der Waals surface area contributed by atoms with E-state index in [1.807, 2.05) is 4.90 Å². The number of rotatable bonds is 3. The van der Waals surface area contributed by atoms with Crippen LogP contribution in [0.1, 0.15) is 38.2 Å². The predicted molar refractivity (Wildman–Crippen MR) is 75.1 cm³/mol. The van der Waals surface area contributed by atoms with E-state index in [-0.39, 0.29) is 11.7 Å². The second kappa shape index (κ2) is 6.50. The maximum Gasteiger partial charge on any atom is 0.246 e. The van der Waals surface area contributed by atoms with E-state index >= 15 is 0 Å². The van der Waals surface area contributed by atoms with Crippen molar-refractivity contribution in [1.82, 2.24) is 4.90 Å². The quantitative estimate of drug-likeness (QED) is 0.761. The van der Waals surface area contributed by atoms with Crippen molar-refractivity contribution in [2.75, 3.05) is 6.54 Å². The Morgan fingerprint density at radius 3 is 2.79 bits per heavy atom. The number of carbonyl (C=O) groups is 1. The molecule has 1 atom stereocenters. The van der Waals surface area contributed by atoms with Gasteiger partial charge in [0.1, 0.15) is 5.82 Å². The highest BCUT2D eigenvalue weighted by Crippen LogP contribution is 2.20. The molecular formula is C16H20FNO. The van der Waals surface area contributed by atoms with E-state index in [0.29, 0.717) is 6.04 Å². The molecule has 2 nitrogen and oxygen atoms in total. The molecule has 0 aromatic heterocycles. The molecule has 1 heterocycles. The molecule has 0 radical (unpaired) electrons. The number of hydrogen-bond donors (Lipinski definition) is 0. The minimum absolute atomic E-state index is 0.0656. The van der Waals surface area contributed by atoms with Gasteiger partial charge in [0.05, 0.1) is 0 Å². The van der Waals surface area contributed by atoms with Crippen LogP contribution in [-0.4, -0.2) is 23.4 Å². The van der Waals surface area contributed by atoms with E-state index in [0.717, 1.165) is 31.4 Å². The van der Waals surface area contributed by atoms with E-state index in [9.17, 15) is 9.18 Å². The summed E-state index contributed by atoms with van der Waals surface area (Å²) in [6.07, 6.45) is 7.77. The Hall–Kier alpha value is -1.64. The fourth-order valence-corrected chi connectivity index (χ4v) is 2.55. The number of amides is 1. The summed E-state index contributed by atoms with van der Waals surface area (Å²) in [6, 6.07) is 6.53. The molecular weight excluding hydrogens is 241 g/mol. The minimum Gasteiger partial charge on any atom is -0.336 e. The predicted octanol–water partition coefficient (Wildman–Crippen LogP) is 3.63. The molecule has 0 bridgehead atoms. The molecule has 0 N–H and O–H groups in total. The van der Waals surface area contributed by atoms with Crippen LogP contribution in [0.4, 0.5) is 4.39 Å². The zero-order valence-electron chi connectivity index (χ0n) is 11.3. The lowest BCUT2D eigenvalue weighted by Gasteiger charge is -2.34. The second-order valence-electron chi connectivity index (χ2n) is 4.97. The van der Waals surface area contributed by atoms with Crippen LogP contribution in [0.2, 0.25) is 0 Å². The SMILES string of the molecule is CC[C@@H]1CCCCN1C(=O)/C=C\c1ccc(F)cc1. The van der Waals surface area contributed by atoms with Crippen LogP contribution < -0.4 is 0 Å². The number of hydrogen-bond acceptors (Lipinski definition) is 1. The first-order valence-corrected chi connectivity index (χ1v) is 6.95. The fraction of sp³-hybridized carbons (Fsp3) is 0.438. The van der Waals surface area contributed by atoms with Crippen molar-refractivity contribution in [2.45, 2.75) is 38.6 Å². The van der Waals surface area contributed by atoms with Crippen LogP contribution in [-0.2, 0) is 4.79 Å². The van der Waals surface area contributed by atoms with E-state index in [1.165, 1.54) is 18.6 Å². The topological polar surface area (TPSA) is 20.3 Å². The van der Waals surface area contributed by atoms with Crippen LogP contribution in [0, 0.1) is 5.82 Å². The Labute approximate surface area is 113 Å². The zero-order valence-corrected chi connectivity index (χ0v) is 11.3. The first kappa shape index (κ1) is 13.8. The zero-order chi connectivity index (χ0) is 13.7. The normalized spacial score (nSPS) is 19.9. The molecule has 1 fully saturated rings. The molecule has 19 heavy (non-hydrogen) atoms. The van der Waals surface area contributed by atoms with Gasteiger partial charge in [0.25, 0.3) is 0 Å². The first-order chi connectivity index (χ1) is 9.20. The Kier molecular flexibility index (Phi) is 4.72. The van der Waals surface area contributed by atoms with Crippen molar-refractivity contribution in [2.24, 2.45) is 0 Å². The summed E-state index contributed by atoms with van der Waals surface area (Å²) in [7, 11) is 0. The van der Waals surface area contributed by atoms with Gasteiger partial charge in [-0.25, -0.2) is 4.39 Å². The van der Waals surface area contributed by atoms with Gasteiger partial charge in [-0.05, 0) is 49.5 Å². The smallest absolute Gasteiger partial charge is 0.246 e. The fourth-order valence-electron chi connectivity index (χ4n) is 2.55. The standard InChI is InChI=1S/C16H20FNO/c1-2-15-5-3-4-12-18(15)16(19)11-8-13-6-9-14(17)10-7-13/h6-11,15H,2-5,12H2,1H3/b11-8-/t15-/m1/s1. The largest absolute Gasteiger partial charge is 0.336 e. The summed E-state index contributed by atoms with van der Waals surface area (Å²) in [6.45, 7) is 2.98. The summed E-state index contributed by atoms with van der Waals surface area (Å²) in [5.41, 5.74) is 0.847. The highest BCUT2D eigenvalue weighted by atomic mass is 19.1. The third-order valence-electron chi connectivity index (χ3n) is 3.67. The number of benzene rings is 1. The molecule has 1 aliphatic heterocycles. The van der Waals surface area contributed by atoms with Crippen molar-refractivity contribution < 1.29 is 9.18 Å². The van der Waals surface area contributed by atoms with Crippen molar-refractivity contribution in [3.63, 3.8) is 0 Å². The molecule has 1 aromatic carbocycles. The number of halogens is 1. The lowest BCUT2D eigenvalue weighted by atomic mass is 10.00. The van der Waals surface area contributed by atoms with Crippen molar-refractivity contribution >= 4 is 12.0 Å². The summed E-state index contributed by atoms with van der Waals surface area (Å²) in [5.74, 6) is -0.193. The van der Waals surface area contributed by atoms with Gasteiger partial charge in [-0.1, -0.05) is 19.1 Å². The molecule has 3 heteroatoms. The van der Waals surface area contributed by atoms with E-state index in [4.69, 9.17) is 0 Å². The van der Waals surface area contributed by atoms with Gasteiger partial charge in [0.2, 0.25) is 5.91 Å². The Bertz CT molecular complexity index is 452. The molecule has 1 saturated heterocycles. The van der Waals surface area contributed by atoms with Crippen LogP contribution in [0.15, 0.2) is 30.3 Å². The molecule has 0 unspecified atom stereocenters. The van der Waals surface area contributed by atoms with Gasteiger partial charge < -0.3 is 4.90 Å². The number of nitrogens with zero attached hydrogens (tertiary/aromatic N) is 1. The maximum atomic E-state index is 12.8. The molecule has 0 spiro atoms. The van der Waals surface area contributed by atoms with Crippen LogP contribution >= 0.6 is 0 Å². The van der Waals surface area contributed by atoms with Crippen LogP contribution in [0.25, 0.3) is 6.08 Å². The molecule has 1 amide bonds. The summed E-state index contributed by atoms with van der Waals surface area (Å²) in [4.78, 5) is 14.1. The van der Waals surface area contributed by atoms with Crippen LogP contribution in [0.5, 0.6) is 0 Å². The number of carbonyl (C=O) groups excluding carboxylic acids is 1. The molecule has 0 aliphatic carbocycles.